The van der Waals surface area contributed by atoms with E-state index in [-0.39, 0.29) is 5.43 Å². The van der Waals surface area contributed by atoms with Crippen molar-refractivity contribution >= 4 is 0 Å². The van der Waals surface area contributed by atoms with Gasteiger partial charge in [-0.25, -0.2) is 0 Å². The normalized spacial score (nSPS) is 10.5. The van der Waals surface area contributed by atoms with Crippen LogP contribution in [0, 0.1) is 6.92 Å². The molecule has 0 aliphatic heterocycles. The largest absolute Gasteiger partial charge is 0.497 e. The van der Waals surface area contributed by atoms with Crippen molar-refractivity contribution in [1.29, 1.82) is 0 Å². The van der Waals surface area contributed by atoms with Crippen molar-refractivity contribution in [1.82, 2.24) is 0 Å². The van der Waals surface area contributed by atoms with Crippen molar-refractivity contribution in [3.05, 3.63) is 76.5 Å². The van der Waals surface area contributed by atoms with Crippen molar-refractivity contribution < 1.29 is 9.15 Å². The highest BCUT2D eigenvalue weighted by atomic mass is 16.5. The first-order chi connectivity index (χ1) is 10.7. The maximum absolute atomic E-state index is 12.0. The predicted molar refractivity (Wildman–Crippen MR) is 87.1 cm³/mol. The Morgan fingerprint density at radius 2 is 1.32 bits per heavy atom. The van der Waals surface area contributed by atoms with Crippen LogP contribution in [0.25, 0.3) is 22.6 Å². The van der Waals surface area contributed by atoms with E-state index in [0.717, 1.165) is 22.4 Å². The molecule has 0 saturated heterocycles. The van der Waals surface area contributed by atoms with Gasteiger partial charge in [0, 0.05) is 23.3 Å². The van der Waals surface area contributed by atoms with Crippen LogP contribution in [0.4, 0.5) is 0 Å². The summed E-state index contributed by atoms with van der Waals surface area (Å²) in [5.74, 6) is 1.88. The molecule has 0 N–H and O–H groups in total. The van der Waals surface area contributed by atoms with E-state index in [0.29, 0.717) is 11.5 Å². The summed E-state index contributed by atoms with van der Waals surface area (Å²) >= 11 is 0. The van der Waals surface area contributed by atoms with Gasteiger partial charge in [0.25, 0.3) is 0 Å². The highest BCUT2D eigenvalue weighted by molar-refractivity contribution is 5.63. The van der Waals surface area contributed by atoms with Gasteiger partial charge < -0.3 is 9.15 Å². The Kier molecular flexibility index (Phi) is 3.79. The topological polar surface area (TPSA) is 39.4 Å². The SMILES string of the molecule is COc1ccc(-c2cc(=O)cc(-c3ccc(C)cc3)o2)cc1. The molecule has 0 bridgehead atoms. The van der Waals surface area contributed by atoms with Gasteiger partial charge in [0.1, 0.15) is 17.3 Å². The minimum Gasteiger partial charge on any atom is -0.497 e. The first-order valence-corrected chi connectivity index (χ1v) is 7.02. The van der Waals surface area contributed by atoms with Crippen LogP contribution in [-0.4, -0.2) is 7.11 Å². The lowest BCUT2D eigenvalue weighted by Gasteiger charge is -2.06. The lowest BCUT2D eigenvalue weighted by Crippen LogP contribution is -1.98. The standard InChI is InChI=1S/C19H16O3/c1-13-3-5-14(6-4-13)18-11-16(20)12-19(22-18)15-7-9-17(21-2)10-8-15/h3-12H,1-2H3. The number of hydrogen-bond donors (Lipinski definition) is 0. The van der Waals surface area contributed by atoms with Gasteiger partial charge in [0.2, 0.25) is 0 Å². The number of benzene rings is 2. The Labute approximate surface area is 128 Å². The molecule has 0 unspecified atom stereocenters. The van der Waals surface area contributed by atoms with Crippen molar-refractivity contribution in [2.75, 3.05) is 7.11 Å². The quantitative estimate of drug-likeness (QED) is 0.723. The Morgan fingerprint density at radius 3 is 1.82 bits per heavy atom. The molecule has 0 aliphatic rings. The number of ether oxygens (including phenoxy) is 1. The lowest BCUT2D eigenvalue weighted by molar-refractivity contribution is 0.415. The van der Waals surface area contributed by atoms with Crippen LogP contribution >= 0.6 is 0 Å². The van der Waals surface area contributed by atoms with E-state index in [1.807, 2.05) is 55.5 Å². The van der Waals surface area contributed by atoms with E-state index < -0.39 is 0 Å². The van der Waals surface area contributed by atoms with Gasteiger partial charge in [-0.2, -0.15) is 0 Å². The molecule has 0 amide bonds. The molecule has 0 radical (unpaired) electrons. The van der Waals surface area contributed by atoms with Crippen molar-refractivity contribution in [2.45, 2.75) is 6.92 Å². The van der Waals surface area contributed by atoms with Gasteiger partial charge in [0.05, 0.1) is 7.11 Å². The molecule has 3 rings (SSSR count). The Morgan fingerprint density at radius 1 is 0.818 bits per heavy atom. The molecular weight excluding hydrogens is 276 g/mol. The van der Waals surface area contributed by atoms with Crippen LogP contribution in [0.3, 0.4) is 0 Å². The van der Waals surface area contributed by atoms with Gasteiger partial charge in [-0.1, -0.05) is 29.8 Å². The number of hydrogen-bond acceptors (Lipinski definition) is 3. The number of methoxy groups -OCH3 is 1. The van der Waals surface area contributed by atoms with E-state index in [1.54, 1.807) is 7.11 Å². The van der Waals surface area contributed by atoms with Crippen molar-refractivity contribution in [3.8, 4) is 28.4 Å². The monoisotopic (exact) mass is 292 g/mol. The Balaban J connectivity index is 2.05. The third-order valence-corrected chi connectivity index (χ3v) is 3.48. The van der Waals surface area contributed by atoms with E-state index in [4.69, 9.17) is 9.15 Å². The molecule has 1 heterocycles. The van der Waals surface area contributed by atoms with Crippen molar-refractivity contribution in [2.24, 2.45) is 0 Å². The molecule has 0 atom stereocenters. The van der Waals surface area contributed by atoms with E-state index in [1.165, 1.54) is 12.1 Å². The summed E-state index contributed by atoms with van der Waals surface area (Å²) in [6, 6.07) is 18.3. The summed E-state index contributed by atoms with van der Waals surface area (Å²) in [5.41, 5.74) is 2.81. The zero-order chi connectivity index (χ0) is 15.5. The van der Waals surface area contributed by atoms with E-state index >= 15 is 0 Å². The second-order valence-corrected chi connectivity index (χ2v) is 5.12. The van der Waals surface area contributed by atoms with Crippen molar-refractivity contribution in [3.63, 3.8) is 0 Å². The van der Waals surface area contributed by atoms with Crippen LogP contribution < -0.4 is 10.2 Å². The van der Waals surface area contributed by atoms with Crippen LogP contribution in [0.2, 0.25) is 0 Å². The fraction of sp³-hybridized carbons (Fsp3) is 0.105. The van der Waals surface area contributed by atoms with Crippen LogP contribution in [-0.2, 0) is 0 Å². The van der Waals surface area contributed by atoms with E-state index in [9.17, 15) is 4.79 Å². The smallest absolute Gasteiger partial charge is 0.186 e. The third kappa shape index (κ3) is 2.93. The molecule has 3 aromatic rings. The average Bonchev–Trinajstić information content (AvgIpc) is 2.55. The molecule has 0 aliphatic carbocycles. The van der Waals surface area contributed by atoms with Crippen LogP contribution in [0.5, 0.6) is 5.75 Å². The second-order valence-electron chi connectivity index (χ2n) is 5.12. The highest BCUT2D eigenvalue weighted by Gasteiger charge is 2.07. The fourth-order valence-electron chi connectivity index (χ4n) is 2.24. The summed E-state index contributed by atoms with van der Waals surface area (Å²) in [5, 5.41) is 0. The minimum absolute atomic E-state index is 0.0763. The lowest BCUT2D eigenvalue weighted by atomic mass is 10.1. The summed E-state index contributed by atoms with van der Waals surface area (Å²) < 4.78 is 11.0. The van der Waals surface area contributed by atoms with Gasteiger partial charge in [-0.05, 0) is 31.2 Å². The number of rotatable bonds is 3. The number of aryl methyl sites for hydroxylation is 1. The molecular formula is C19H16O3. The fourth-order valence-corrected chi connectivity index (χ4v) is 2.24. The Hall–Kier alpha value is -2.81. The zero-order valence-corrected chi connectivity index (χ0v) is 12.5. The van der Waals surface area contributed by atoms with Gasteiger partial charge >= 0.3 is 0 Å². The molecule has 0 fully saturated rings. The summed E-state index contributed by atoms with van der Waals surface area (Å²) in [6.07, 6.45) is 0. The average molecular weight is 292 g/mol. The van der Waals surface area contributed by atoms with Crippen LogP contribution in [0.1, 0.15) is 5.56 Å². The molecule has 0 saturated carbocycles. The van der Waals surface area contributed by atoms with Crippen LogP contribution in [0.15, 0.2) is 69.9 Å². The molecule has 22 heavy (non-hydrogen) atoms. The molecule has 3 nitrogen and oxygen atoms in total. The third-order valence-electron chi connectivity index (χ3n) is 3.48. The highest BCUT2D eigenvalue weighted by Crippen LogP contribution is 2.26. The molecule has 2 aromatic carbocycles. The minimum atomic E-state index is -0.0763. The molecule has 1 aromatic heterocycles. The zero-order valence-electron chi connectivity index (χ0n) is 12.5. The summed E-state index contributed by atoms with van der Waals surface area (Å²) in [4.78, 5) is 12.0. The first-order valence-electron chi connectivity index (χ1n) is 7.02. The molecule has 3 heteroatoms. The van der Waals surface area contributed by atoms with E-state index in [2.05, 4.69) is 0 Å². The maximum atomic E-state index is 12.0. The molecule has 110 valence electrons. The predicted octanol–water partition coefficient (Wildman–Crippen LogP) is 4.29. The van der Waals surface area contributed by atoms with Gasteiger partial charge in [-0.15, -0.1) is 0 Å². The maximum Gasteiger partial charge on any atom is 0.186 e. The first kappa shape index (κ1) is 14.1. The summed E-state index contributed by atoms with van der Waals surface area (Å²) in [7, 11) is 1.62. The summed E-state index contributed by atoms with van der Waals surface area (Å²) in [6.45, 7) is 2.02. The Bertz CT molecular complexity index is 828. The van der Waals surface area contributed by atoms with Gasteiger partial charge in [0.15, 0.2) is 5.43 Å². The second kappa shape index (κ2) is 5.90. The molecule has 0 spiro atoms. The van der Waals surface area contributed by atoms with Gasteiger partial charge in [-0.3, -0.25) is 4.79 Å².